The summed E-state index contributed by atoms with van der Waals surface area (Å²) < 4.78 is 32.7. The van der Waals surface area contributed by atoms with Gasteiger partial charge >= 0.3 is 0 Å². The number of sulfonamides is 1. The summed E-state index contributed by atoms with van der Waals surface area (Å²) in [5.74, 6) is 0.362. The van der Waals surface area contributed by atoms with Crippen molar-refractivity contribution in [2.24, 2.45) is 0 Å². The number of carbonyl (C=O) groups excluding carboxylic acids is 1. The predicted octanol–water partition coefficient (Wildman–Crippen LogP) is 4.62. The molecule has 1 amide bonds. The van der Waals surface area contributed by atoms with Crippen molar-refractivity contribution in [3.8, 4) is 17.0 Å². The Hall–Kier alpha value is -2.75. The van der Waals surface area contributed by atoms with Gasteiger partial charge < -0.3 is 4.74 Å². The Balaban J connectivity index is 1.40. The highest BCUT2D eigenvalue weighted by molar-refractivity contribution is 7.89. The van der Waals surface area contributed by atoms with Crippen LogP contribution in [0.2, 0.25) is 0 Å². The van der Waals surface area contributed by atoms with Crippen LogP contribution < -0.4 is 10.1 Å². The minimum absolute atomic E-state index is 0.286. The number of hydrogen-bond acceptors (Lipinski definition) is 6. The van der Waals surface area contributed by atoms with Gasteiger partial charge in [0.25, 0.3) is 5.91 Å². The largest absolute Gasteiger partial charge is 0.481 e. The molecule has 3 aromatic rings. The maximum absolute atomic E-state index is 12.7. The van der Waals surface area contributed by atoms with Crippen LogP contribution in [0.3, 0.4) is 0 Å². The minimum Gasteiger partial charge on any atom is -0.481 e. The van der Waals surface area contributed by atoms with Gasteiger partial charge in [0.2, 0.25) is 10.0 Å². The lowest BCUT2D eigenvalue weighted by molar-refractivity contribution is -0.122. The summed E-state index contributed by atoms with van der Waals surface area (Å²) in [5, 5.41) is 5.08. The van der Waals surface area contributed by atoms with E-state index in [0.29, 0.717) is 29.7 Å². The second-order valence-electron chi connectivity index (χ2n) is 8.25. The highest BCUT2D eigenvalue weighted by atomic mass is 32.2. The predicted molar refractivity (Wildman–Crippen MR) is 130 cm³/mol. The normalized spacial score (nSPS) is 15.4. The van der Waals surface area contributed by atoms with E-state index in [0.717, 1.165) is 29.5 Å². The molecule has 1 aliphatic heterocycles. The summed E-state index contributed by atoms with van der Waals surface area (Å²) in [4.78, 5) is 17.3. The fourth-order valence-corrected chi connectivity index (χ4v) is 6.04. The second kappa shape index (κ2) is 9.62. The number of aromatic nitrogens is 1. The molecule has 0 spiro atoms. The zero-order valence-electron chi connectivity index (χ0n) is 18.9. The Morgan fingerprint density at radius 1 is 1.09 bits per heavy atom. The summed E-state index contributed by atoms with van der Waals surface area (Å²) in [7, 11) is -3.44. The highest BCUT2D eigenvalue weighted by Crippen LogP contribution is 2.28. The van der Waals surface area contributed by atoms with E-state index in [1.807, 2.05) is 37.4 Å². The van der Waals surface area contributed by atoms with Crippen molar-refractivity contribution in [2.75, 3.05) is 18.4 Å². The Morgan fingerprint density at radius 2 is 1.73 bits per heavy atom. The molecule has 0 saturated carbocycles. The second-order valence-corrected chi connectivity index (χ2v) is 11.0. The Bertz CT molecular complexity index is 1230. The number of hydrogen-bond donors (Lipinski definition) is 1. The topological polar surface area (TPSA) is 88.6 Å². The van der Waals surface area contributed by atoms with Crippen LogP contribution in [0.4, 0.5) is 5.13 Å². The average molecular weight is 486 g/mol. The molecule has 1 fully saturated rings. The van der Waals surface area contributed by atoms with Crippen molar-refractivity contribution in [1.29, 1.82) is 0 Å². The van der Waals surface area contributed by atoms with Crippen LogP contribution in [0.1, 0.15) is 30.9 Å². The molecule has 0 radical (unpaired) electrons. The first kappa shape index (κ1) is 23.4. The van der Waals surface area contributed by atoms with E-state index in [4.69, 9.17) is 4.74 Å². The maximum Gasteiger partial charge on any atom is 0.266 e. The number of thiazole rings is 1. The third-order valence-corrected chi connectivity index (χ3v) is 8.14. The van der Waals surface area contributed by atoms with Crippen molar-refractivity contribution >= 4 is 32.4 Å². The van der Waals surface area contributed by atoms with E-state index in [-0.39, 0.29) is 10.8 Å². The average Bonchev–Trinajstić information content (AvgIpc) is 3.46. The molecule has 1 aliphatic rings. The minimum atomic E-state index is -3.44. The van der Waals surface area contributed by atoms with Gasteiger partial charge in [-0.25, -0.2) is 13.4 Å². The molecule has 0 bridgehead atoms. The lowest BCUT2D eigenvalue weighted by Gasteiger charge is -2.15. The first-order valence-electron chi connectivity index (χ1n) is 10.8. The quantitative estimate of drug-likeness (QED) is 0.528. The van der Waals surface area contributed by atoms with Crippen LogP contribution in [-0.2, 0) is 14.8 Å². The SMILES string of the molecule is Cc1cc(C)cc(OC(C)C(=O)Nc2nc(-c3ccc(S(=O)(=O)N4CCCC4)cc3)cs2)c1. The molecule has 2 heterocycles. The first-order valence-corrected chi connectivity index (χ1v) is 13.2. The molecule has 9 heteroatoms. The van der Waals surface area contributed by atoms with Gasteiger partial charge in [-0.3, -0.25) is 10.1 Å². The molecule has 1 atom stereocenters. The summed E-state index contributed by atoms with van der Waals surface area (Å²) in [6, 6.07) is 12.5. The van der Waals surface area contributed by atoms with Crippen LogP contribution in [0.5, 0.6) is 5.75 Å². The van der Waals surface area contributed by atoms with Crippen LogP contribution in [-0.4, -0.2) is 42.8 Å². The van der Waals surface area contributed by atoms with Crippen LogP contribution in [0.15, 0.2) is 52.7 Å². The number of carbonyl (C=O) groups is 1. The number of amides is 1. The molecule has 7 nitrogen and oxygen atoms in total. The Kier molecular flexibility index (Phi) is 6.83. The lowest BCUT2D eigenvalue weighted by atomic mass is 10.1. The van der Waals surface area contributed by atoms with Gasteiger partial charge in [0, 0.05) is 24.0 Å². The fraction of sp³-hybridized carbons (Fsp3) is 0.333. The molecule has 1 aromatic heterocycles. The van der Waals surface area contributed by atoms with Gasteiger partial charge in [-0.2, -0.15) is 4.31 Å². The lowest BCUT2D eigenvalue weighted by Crippen LogP contribution is -2.30. The van der Waals surface area contributed by atoms with E-state index in [2.05, 4.69) is 10.3 Å². The molecule has 4 rings (SSSR count). The van der Waals surface area contributed by atoms with Crippen LogP contribution in [0.25, 0.3) is 11.3 Å². The third-order valence-electron chi connectivity index (χ3n) is 5.46. The molecule has 0 aliphatic carbocycles. The van der Waals surface area contributed by atoms with E-state index >= 15 is 0 Å². The number of anilines is 1. The standard InChI is InChI=1S/C24H27N3O4S2/c1-16-12-17(2)14-20(13-16)31-18(3)23(28)26-24-25-22(15-32-24)19-6-8-21(9-7-19)33(29,30)27-10-4-5-11-27/h6-9,12-15,18H,4-5,10-11H2,1-3H3,(H,25,26,28). The van der Waals surface area contributed by atoms with Gasteiger partial charge in [0.1, 0.15) is 5.75 Å². The molecule has 1 unspecified atom stereocenters. The van der Waals surface area contributed by atoms with Crippen LogP contribution in [0, 0.1) is 13.8 Å². The fourth-order valence-electron chi connectivity index (χ4n) is 3.80. The zero-order valence-corrected chi connectivity index (χ0v) is 20.5. The van der Waals surface area contributed by atoms with E-state index in [9.17, 15) is 13.2 Å². The molecular formula is C24H27N3O4S2. The Morgan fingerprint density at radius 3 is 2.36 bits per heavy atom. The summed E-state index contributed by atoms with van der Waals surface area (Å²) >= 11 is 1.31. The zero-order chi connectivity index (χ0) is 23.6. The molecule has 174 valence electrons. The van der Waals surface area contributed by atoms with Gasteiger partial charge in [0.15, 0.2) is 11.2 Å². The summed E-state index contributed by atoms with van der Waals surface area (Å²) in [6.45, 7) is 6.81. The maximum atomic E-state index is 12.7. The highest BCUT2D eigenvalue weighted by Gasteiger charge is 2.27. The number of rotatable bonds is 7. The Labute approximate surface area is 198 Å². The van der Waals surface area contributed by atoms with Crippen molar-refractivity contribution in [1.82, 2.24) is 9.29 Å². The van der Waals surface area contributed by atoms with Gasteiger partial charge in [-0.15, -0.1) is 11.3 Å². The van der Waals surface area contributed by atoms with Gasteiger partial charge in [-0.1, -0.05) is 18.2 Å². The molecule has 1 saturated heterocycles. The van der Waals surface area contributed by atoms with E-state index in [1.165, 1.54) is 15.6 Å². The molecular weight excluding hydrogens is 458 g/mol. The van der Waals surface area contributed by atoms with E-state index < -0.39 is 16.1 Å². The van der Waals surface area contributed by atoms with Crippen LogP contribution >= 0.6 is 11.3 Å². The summed E-state index contributed by atoms with van der Waals surface area (Å²) in [6.07, 6.45) is 1.12. The van der Waals surface area contributed by atoms with Gasteiger partial charge in [-0.05, 0) is 69.0 Å². The number of aryl methyl sites for hydroxylation is 2. The monoisotopic (exact) mass is 485 g/mol. The van der Waals surface area contributed by atoms with Crippen molar-refractivity contribution in [3.63, 3.8) is 0 Å². The smallest absolute Gasteiger partial charge is 0.266 e. The van der Waals surface area contributed by atoms with Crippen molar-refractivity contribution in [2.45, 2.75) is 44.6 Å². The molecule has 2 aromatic carbocycles. The molecule has 1 N–H and O–H groups in total. The number of benzene rings is 2. The third kappa shape index (κ3) is 5.43. The van der Waals surface area contributed by atoms with Crippen molar-refractivity contribution in [3.05, 3.63) is 59.0 Å². The first-order chi connectivity index (χ1) is 15.7. The van der Waals surface area contributed by atoms with E-state index in [1.54, 1.807) is 31.2 Å². The number of nitrogens with zero attached hydrogens (tertiary/aromatic N) is 2. The van der Waals surface area contributed by atoms with Crippen molar-refractivity contribution < 1.29 is 17.9 Å². The summed E-state index contributed by atoms with van der Waals surface area (Å²) in [5.41, 5.74) is 3.60. The van der Waals surface area contributed by atoms with Gasteiger partial charge in [0.05, 0.1) is 10.6 Å². The number of ether oxygens (including phenoxy) is 1. The molecule has 33 heavy (non-hydrogen) atoms. The number of nitrogens with one attached hydrogen (secondary N) is 1.